The summed E-state index contributed by atoms with van der Waals surface area (Å²) in [5, 5.41) is 3.27. The van der Waals surface area contributed by atoms with Gasteiger partial charge in [0.05, 0.1) is 0 Å². The summed E-state index contributed by atoms with van der Waals surface area (Å²) in [5.41, 5.74) is 2.38. The van der Waals surface area contributed by atoms with Crippen LogP contribution in [-0.2, 0) is 5.41 Å². The number of likely N-dealkylation sites (N-methyl/N-ethyl adjacent to an activating group) is 1. The molecule has 0 saturated heterocycles. The van der Waals surface area contributed by atoms with Crippen LogP contribution in [0.3, 0.4) is 0 Å². The Morgan fingerprint density at radius 3 is 2.27 bits per heavy atom. The van der Waals surface area contributed by atoms with Crippen molar-refractivity contribution in [1.82, 2.24) is 15.3 Å². The number of nitrogens with zero attached hydrogens (tertiary/aromatic N) is 2. The van der Waals surface area contributed by atoms with Crippen molar-refractivity contribution < 1.29 is 0 Å². The topological polar surface area (TPSA) is 37.8 Å². The van der Waals surface area contributed by atoms with E-state index in [9.17, 15) is 0 Å². The van der Waals surface area contributed by atoms with E-state index >= 15 is 0 Å². The smallest absolute Gasteiger partial charge is 0.136 e. The Morgan fingerprint density at radius 1 is 1.27 bits per heavy atom. The molecule has 1 fully saturated rings. The molecule has 1 saturated carbocycles. The van der Waals surface area contributed by atoms with Crippen molar-refractivity contribution in [1.29, 1.82) is 0 Å². The molecule has 82 valence electrons. The zero-order valence-corrected chi connectivity index (χ0v) is 9.80. The third-order valence-electron chi connectivity index (χ3n) is 3.28. The van der Waals surface area contributed by atoms with E-state index in [1.807, 2.05) is 27.0 Å². The first-order valence-electron chi connectivity index (χ1n) is 5.64. The van der Waals surface area contributed by atoms with Crippen LogP contribution in [0.25, 0.3) is 0 Å². The fourth-order valence-corrected chi connectivity index (χ4v) is 2.38. The minimum absolute atomic E-state index is 0.214. The molecule has 3 nitrogen and oxygen atoms in total. The van der Waals surface area contributed by atoms with Gasteiger partial charge in [-0.2, -0.15) is 0 Å². The molecule has 0 spiro atoms. The first-order valence-corrected chi connectivity index (χ1v) is 5.64. The van der Waals surface area contributed by atoms with Crippen LogP contribution >= 0.6 is 0 Å². The lowest BCUT2D eigenvalue weighted by Gasteiger charge is -2.40. The van der Waals surface area contributed by atoms with Gasteiger partial charge in [-0.25, -0.2) is 9.97 Å². The standard InChI is InChI=1S/C12H19N3/c1-9-7-10(2)15-11(14-9)12(8-13-3)5-4-6-12/h7,13H,4-6,8H2,1-3H3. The highest BCUT2D eigenvalue weighted by atomic mass is 15.0. The number of nitrogens with one attached hydrogen (secondary N) is 1. The fraction of sp³-hybridized carbons (Fsp3) is 0.667. The van der Waals surface area contributed by atoms with E-state index in [-0.39, 0.29) is 5.41 Å². The quantitative estimate of drug-likeness (QED) is 0.816. The molecule has 0 atom stereocenters. The van der Waals surface area contributed by atoms with Crippen molar-refractivity contribution in [3.05, 3.63) is 23.3 Å². The second-order valence-corrected chi connectivity index (χ2v) is 4.64. The Kier molecular flexibility index (Phi) is 2.74. The summed E-state index contributed by atoms with van der Waals surface area (Å²) in [6.45, 7) is 5.09. The molecule has 15 heavy (non-hydrogen) atoms. The van der Waals surface area contributed by atoms with Crippen LogP contribution in [0.5, 0.6) is 0 Å². The van der Waals surface area contributed by atoms with Crippen molar-refractivity contribution >= 4 is 0 Å². The second kappa shape index (κ2) is 3.89. The number of hydrogen-bond acceptors (Lipinski definition) is 3. The molecule has 0 radical (unpaired) electrons. The summed E-state index contributed by atoms with van der Waals surface area (Å²) < 4.78 is 0. The Bertz CT molecular complexity index is 336. The zero-order chi connectivity index (χ0) is 10.9. The molecule has 0 unspecified atom stereocenters. The van der Waals surface area contributed by atoms with E-state index in [2.05, 4.69) is 15.3 Å². The van der Waals surface area contributed by atoms with Gasteiger partial charge in [0.2, 0.25) is 0 Å². The zero-order valence-electron chi connectivity index (χ0n) is 9.80. The highest BCUT2D eigenvalue weighted by Gasteiger charge is 2.40. The molecule has 0 aliphatic heterocycles. The summed E-state index contributed by atoms with van der Waals surface area (Å²) in [4.78, 5) is 9.19. The molecule has 0 aromatic carbocycles. The summed E-state index contributed by atoms with van der Waals surface area (Å²) in [6.07, 6.45) is 3.74. The van der Waals surface area contributed by atoms with E-state index < -0.39 is 0 Å². The monoisotopic (exact) mass is 205 g/mol. The van der Waals surface area contributed by atoms with E-state index in [1.54, 1.807) is 0 Å². The van der Waals surface area contributed by atoms with Crippen LogP contribution in [0, 0.1) is 13.8 Å². The first-order chi connectivity index (χ1) is 7.16. The number of rotatable bonds is 3. The van der Waals surface area contributed by atoms with Crippen molar-refractivity contribution in [3.8, 4) is 0 Å². The lowest BCUT2D eigenvalue weighted by Crippen LogP contribution is -2.44. The number of aryl methyl sites for hydroxylation is 2. The molecular formula is C12H19N3. The average Bonchev–Trinajstić information content (AvgIpc) is 2.09. The van der Waals surface area contributed by atoms with Gasteiger partial charge in [0, 0.05) is 23.3 Å². The highest BCUT2D eigenvalue weighted by Crippen LogP contribution is 2.41. The summed E-state index contributed by atoms with van der Waals surface area (Å²) in [5.74, 6) is 1.04. The van der Waals surface area contributed by atoms with Gasteiger partial charge in [-0.3, -0.25) is 0 Å². The molecule has 3 heteroatoms. The van der Waals surface area contributed by atoms with Gasteiger partial charge in [0.1, 0.15) is 5.82 Å². The van der Waals surface area contributed by atoms with Gasteiger partial charge in [-0.05, 0) is 39.8 Å². The van der Waals surface area contributed by atoms with Crippen molar-refractivity contribution in [3.63, 3.8) is 0 Å². The molecule has 1 aliphatic carbocycles. The normalized spacial score (nSPS) is 18.6. The summed E-state index contributed by atoms with van der Waals surface area (Å²) in [7, 11) is 2.00. The lowest BCUT2D eigenvalue weighted by atomic mass is 9.68. The van der Waals surface area contributed by atoms with Gasteiger partial charge < -0.3 is 5.32 Å². The highest BCUT2D eigenvalue weighted by molar-refractivity contribution is 5.19. The third-order valence-corrected chi connectivity index (χ3v) is 3.28. The maximum atomic E-state index is 4.60. The van der Waals surface area contributed by atoms with Crippen LogP contribution in [0.15, 0.2) is 6.07 Å². The molecule has 0 amide bonds. The third kappa shape index (κ3) is 1.88. The van der Waals surface area contributed by atoms with Crippen LogP contribution in [0.4, 0.5) is 0 Å². The largest absolute Gasteiger partial charge is 0.319 e. The van der Waals surface area contributed by atoms with Crippen LogP contribution in [-0.4, -0.2) is 23.6 Å². The van der Waals surface area contributed by atoms with Gasteiger partial charge in [0.25, 0.3) is 0 Å². The van der Waals surface area contributed by atoms with Crippen LogP contribution < -0.4 is 5.32 Å². The molecule has 1 N–H and O–H groups in total. The van der Waals surface area contributed by atoms with E-state index in [0.29, 0.717) is 0 Å². The Morgan fingerprint density at radius 2 is 1.87 bits per heavy atom. The predicted octanol–water partition coefficient (Wildman–Crippen LogP) is 1.73. The number of hydrogen-bond donors (Lipinski definition) is 1. The maximum Gasteiger partial charge on any atom is 0.136 e. The molecule has 1 aromatic rings. The Labute approximate surface area is 91.3 Å². The second-order valence-electron chi connectivity index (χ2n) is 4.64. The van der Waals surface area contributed by atoms with Gasteiger partial charge >= 0.3 is 0 Å². The minimum Gasteiger partial charge on any atom is -0.319 e. The summed E-state index contributed by atoms with van der Waals surface area (Å²) >= 11 is 0. The summed E-state index contributed by atoms with van der Waals surface area (Å²) in [6, 6.07) is 2.04. The minimum atomic E-state index is 0.214. The lowest BCUT2D eigenvalue weighted by molar-refractivity contribution is 0.224. The van der Waals surface area contributed by atoms with Crippen molar-refractivity contribution in [2.75, 3.05) is 13.6 Å². The van der Waals surface area contributed by atoms with Gasteiger partial charge in [-0.1, -0.05) is 6.42 Å². The first kappa shape index (κ1) is 10.6. The maximum absolute atomic E-state index is 4.60. The van der Waals surface area contributed by atoms with Crippen molar-refractivity contribution in [2.45, 2.75) is 38.5 Å². The average molecular weight is 205 g/mol. The molecule has 2 rings (SSSR count). The molecule has 0 bridgehead atoms. The fourth-order valence-electron chi connectivity index (χ4n) is 2.38. The van der Waals surface area contributed by atoms with Crippen molar-refractivity contribution in [2.24, 2.45) is 0 Å². The Balaban J connectivity index is 2.34. The predicted molar refractivity (Wildman–Crippen MR) is 61.0 cm³/mol. The number of aromatic nitrogens is 2. The molecule has 1 aliphatic rings. The van der Waals surface area contributed by atoms with E-state index in [1.165, 1.54) is 19.3 Å². The molecule has 1 aromatic heterocycles. The van der Waals surface area contributed by atoms with Gasteiger partial charge in [0.15, 0.2) is 0 Å². The van der Waals surface area contributed by atoms with E-state index in [0.717, 1.165) is 23.8 Å². The van der Waals surface area contributed by atoms with Crippen LogP contribution in [0.1, 0.15) is 36.5 Å². The van der Waals surface area contributed by atoms with E-state index in [4.69, 9.17) is 0 Å². The Hall–Kier alpha value is -0.960. The molecular weight excluding hydrogens is 186 g/mol. The van der Waals surface area contributed by atoms with Gasteiger partial charge in [-0.15, -0.1) is 0 Å². The van der Waals surface area contributed by atoms with Crippen LogP contribution in [0.2, 0.25) is 0 Å². The molecule has 1 heterocycles. The SMILES string of the molecule is CNCC1(c2nc(C)cc(C)n2)CCC1.